The SMILES string of the molecule is CCNC(CN1CCC(N2CCCC2)C1)C(N)=O. The van der Waals surface area contributed by atoms with E-state index in [0.717, 1.165) is 26.2 Å². The number of nitrogens with two attached hydrogens (primary N) is 1. The third kappa shape index (κ3) is 3.43. The number of amides is 1. The zero-order chi connectivity index (χ0) is 13.0. The first kappa shape index (κ1) is 13.8. The Balaban J connectivity index is 1.78. The molecule has 2 saturated heterocycles. The van der Waals surface area contributed by atoms with Gasteiger partial charge in [0, 0.05) is 19.1 Å². The molecule has 3 N–H and O–H groups in total. The molecule has 0 aromatic heterocycles. The number of hydrogen-bond donors (Lipinski definition) is 2. The predicted molar refractivity (Wildman–Crippen MR) is 72.3 cm³/mol. The van der Waals surface area contributed by atoms with E-state index in [1.54, 1.807) is 0 Å². The second-order valence-electron chi connectivity index (χ2n) is 5.46. The molecule has 0 aromatic rings. The smallest absolute Gasteiger partial charge is 0.235 e. The van der Waals surface area contributed by atoms with Crippen LogP contribution in [0, 0.1) is 0 Å². The number of carbonyl (C=O) groups excluding carboxylic acids is 1. The van der Waals surface area contributed by atoms with Gasteiger partial charge in [-0.2, -0.15) is 0 Å². The van der Waals surface area contributed by atoms with Crippen molar-refractivity contribution in [2.24, 2.45) is 5.73 Å². The summed E-state index contributed by atoms with van der Waals surface area (Å²) in [5.74, 6) is -0.235. The van der Waals surface area contributed by atoms with Crippen molar-refractivity contribution in [2.45, 2.75) is 38.3 Å². The first-order chi connectivity index (χ1) is 8.70. The topological polar surface area (TPSA) is 61.6 Å². The summed E-state index contributed by atoms with van der Waals surface area (Å²) in [5, 5.41) is 3.16. The Morgan fingerprint density at radius 2 is 2.11 bits per heavy atom. The molecule has 2 fully saturated rings. The summed E-state index contributed by atoms with van der Waals surface area (Å²) in [7, 11) is 0. The number of nitrogens with zero attached hydrogens (tertiary/aromatic N) is 2. The van der Waals surface area contributed by atoms with Crippen LogP contribution in [-0.2, 0) is 4.79 Å². The number of nitrogens with one attached hydrogen (secondary N) is 1. The van der Waals surface area contributed by atoms with Crippen molar-refractivity contribution >= 4 is 5.91 Å². The highest BCUT2D eigenvalue weighted by molar-refractivity contribution is 5.80. The van der Waals surface area contributed by atoms with Crippen LogP contribution in [0.1, 0.15) is 26.2 Å². The third-order valence-corrected chi connectivity index (χ3v) is 4.14. The second-order valence-corrected chi connectivity index (χ2v) is 5.46. The van der Waals surface area contributed by atoms with Crippen molar-refractivity contribution in [3.8, 4) is 0 Å². The van der Waals surface area contributed by atoms with E-state index >= 15 is 0 Å². The number of rotatable bonds is 6. The molecule has 5 heteroatoms. The zero-order valence-electron chi connectivity index (χ0n) is 11.4. The lowest BCUT2D eigenvalue weighted by Crippen LogP contribution is -2.49. The number of carbonyl (C=O) groups is 1. The second kappa shape index (κ2) is 6.50. The van der Waals surface area contributed by atoms with Crippen LogP contribution in [0.5, 0.6) is 0 Å². The summed E-state index contributed by atoms with van der Waals surface area (Å²) < 4.78 is 0. The molecule has 0 bridgehead atoms. The molecule has 18 heavy (non-hydrogen) atoms. The summed E-state index contributed by atoms with van der Waals surface area (Å²) >= 11 is 0. The number of likely N-dealkylation sites (tertiary alicyclic amines) is 2. The fourth-order valence-electron chi connectivity index (χ4n) is 3.14. The van der Waals surface area contributed by atoms with Crippen molar-refractivity contribution in [2.75, 3.05) is 39.3 Å². The van der Waals surface area contributed by atoms with E-state index in [1.165, 1.54) is 32.4 Å². The highest BCUT2D eigenvalue weighted by Gasteiger charge is 2.30. The van der Waals surface area contributed by atoms with Crippen LogP contribution in [0.4, 0.5) is 0 Å². The quantitative estimate of drug-likeness (QED) is 0.678. The molecule has 104 valence electrons. The molecular formula is C13H26N4O. The molecule has 2 atom stereocenters. The third-order valence-electron chi connectivity index (χ3n) is 4.14. The number of hydrogen-bond acceptors (Lipinski definition) is 4. The standard InChI is InChI=1S/C13H26N4O/c1-2-15-12(13(14)18)10-16-8-5-11(9-16)17-6-3-4-7-17/h11-12,15H,2-10H2,1H3,(H2,14,18). The Morgan fingerprint density at radius 3 is 2.72 bits per heavy atom. The Kier molecular flexibility index (Phi) is 4.97. The van der Waals surface area contributed by atoms with Gasteiger partial charge in [-0.1, -0.05) is 6.92 Å². The number of likely N-dealkylation sites (N-methyl/N-ethyl adjacent to an activating group) is 1. The molecule has 1 amide bonds. The summed E-state index contributed by atoms with van der Waals surface area (Å²) in [6.45, 7) is 8.25. The van der Waals surface area contributed by atoms with Crippen molar-refractivity contribution in [1.29, 1.82) is 0 Å². The van der Waals surface area contributed by atoms with E-state index in [2.05, 4.69) is 15.1 Å². The minimum Gasteiger partial charge on any atom is -0.368 e. The molecule has 0 aliphatic carbocycles. The lowest BCUT2D eigenvalue weighted by Gasteiger charge is -2.25. The van der Waals surface area contributed by atoms with E-state index in [0.29, 0.717) is 6.04 Å². The monoisotopic (exact) mass is 254 g/mol. The zero-order valence-corrected chi connectivity index (χ0v) is 11.4. The first-order valence-electron chi connectivity index (χ1n) is 7.19. The Hall–Kier alpha value is -0.650. The van der Waals surface area contributed by atoms with Gasteiger partial charge in [0.15, 0.2) is 0 Å². The van der Waals surface area contributed by atoms with Gasteiger partial charge in [-0.05, 0) is 45.4 Å². The van der Waals surface area contributed by atoms with Crippen LogP contribution >= 0.6 is 0 Å². The molecule has 0 radical (unpaired) electrons. The van der Waals surface area contributed by atoms with Crippen molar-refractivity contribution in [3.05, 3.63) is 0 Å². The summed E-state index contributed by atoms with van der Waals surface area (Å²) in [4.78, 5) is 16.3. The van der Waals surface area contributed by atoms with Crippen molar-refractivity contribution in [3.63, 3.8) is 0 Å². The van der Waals surface area contributed by atoms with Crippen molar-refractivity contribution in [1.82, 2.24) is 15.1 Å². The molecule has 5 nitrogen and oxygen atoms in total. The highest BCUT2D eigenvalue weighted by atomic mass is 16.1. The van der Waals surface area contributed by atoms with Gasteiger partial charge in [0.1, 0.15) is 0 Å². The lowest BCUT2D eigenvalue weighted by molar-refractivity contribution is -0.120. The predicted octanol–water partition coefficient (Wildman–Crippen LogP) is -0.380. The Labute approximate surface area is 110 Å². The van der Waals surface area contributed by atoms with Crippen LogP contribution < -0.4 is 11.1 Å². The van der Waals surface area contributed by atoms with Crippen LogP contribution in [0.15, 0.2) is 0 Å². The van der Waals surface area contributed by atoms with Crippen LogP contribution in [-0.4, -0.2) is 67.1 Å². The van der Waals surface area contributed by atoms with Gasteiger partial charge in [0.05, 0.1) is 6.04 Å². The van der Waals surface area contributed by atoms with Crippen LogP contribution in [0.3, 0.4) is 0 Å². The molecule has 0 saturated carbocycles. The molecule has 0 aromatic carbocycles. The summed E-state index contributed by atoms with van der Waals surface area (Å²) in [6, 6.07) is 0.495. The van der Waals surface area contributed by atoms with Crippen LogP contribution in [0.2, 0.25) is 0 Å². The minimum absolute atomic E-state index is 0.202. The highest BCUT2D eigenvalue weighted by Crippen LogP contribution is 2.20. The number of primary amides is 1. The molecule has 2 rings (SSSR count). The van der Waals surface area contributed by atoms with E-state index in [-0.39, 0.29) is 11.9 Å². The van der Waals surface area contributed by atoms with E-state index < -0.39 is 0 Å². The van der Waals surface area contributed by atoms with Gasteiger partial charge in [-0.25, -0.2) is 0 Å². The van der Waals surface area contributed by atoms with E-state index in [9.17, 15) is 4.79 Å². The van der Waals surface area contributed by atoms with Gasteiger partial charge in [0.2, 0.25) is 5.91 Å². The summed E-state index contributed by atoms with van der Waals surface area (Å²) in [5.41, 5.74) is 5.42. The van der Waals surface area contributed by atoms with Gasteiger partial charge < -0.3 is 11.1 Å². The van der Waals surface area contributed by atoms with Gasteiger partial charge in [0.25, 0.3) is 0 Å². The van der Waals surface area contributed by atoms with Gasteiger partial charge in [-0.15, -0.1) is 0 Å². The van der Waals surface area contributed by atoms with E-state index in [4.69, 9.17) is 5.73 Å². The fraction of sp³-hybridized carbons (Fsp3) is 0.923. The molecular weight excluding hydrogens is 228 g/mol. The normalized spacial score (nSPS) is 27.7. The van der Waals surface area contributed by atoms with Crippen LogP contribution in [0.25, 0.3) is 0 Å². The molecule has 2 aliphatic rings. The molecule has 2 unspecified atom stereocenters. The molecule has 2 heterocycles. The van der Waals surface area contributed by atoms with Gasteiger partial charge >= 0.3 is 0 Å². The molecule has 2 aliphatic heterocycles. The van der Waals surface area contributed by atoms with Gasteiger partial charge in [-0.3, -0.25) is 14.6 Å². The molecule has 0 spiro atoms. The van der Waals surface area contributed by atoms with E-state index in [1.807, 2.05) is 6.92 Å². The lowest BCUT2D eigenvalue weighted by atomic mass is 10.2. The Morgan fingerprint density at radius 1 is 1.39 bits per heavy atom. The maximum Gasteiger partial charge on any atom is 0.235 e. The first-order valence-corrected chi connectivity index (χ1v) is 7.19. The summed E-state index contributed by atoms with van der Waals surface area (Å²) in [6.07, 6.45) is 3.92. The maximum absolute atomic E-state index is 11.3. The van der Waals surface area contributed by atoms with Crippen molar-refractivity contribution < 1.29 is 4.79 Å². The average molecular weight is 254 g/mol. The average Bonchev–Trinajstić information content (AvgIpc) is 2.98. The fourth-order valence-corrected chi connectivity index (χ4v) is 3.14. The largest absolute Gasteiger partial charge is 0.368 e. The minimum atomic E-state index is -0.235. The Bertz CT molecular complexity index is 278. The maximum atomic E-state index is 11.3.